The molecule has 0 N–H and O–H groups in total. The van der Waals surface area contributed by atoms with Crippen molar-refractivity contribution in [1.29, 1.82) is 5.26 Å². The average molecular weight is 355 g/mol. The molecule has 1 aliphatic heterocycles. The van der Waals surface area contributed by atoms with Gasteiger partial charge in [0.1, 0.15) is 4.21 Å². The Labute approximate surface area is 141 Å². The predicted molar refractivity (Wildman–Crippen MR) is 88.4 cm³/mol. The van der Waals surface area contributed by atoms with E-state index in [9.17, 15) is 13.2 Å². The van der Waals surface area contributed by atoms with Crippen molar-refractivity contribution in [3.05, 3.63) is 17.0 Å². The third kappa shape index (κ3) is 4.10. The van der Waals surface area contributed by atoms with Gasteiger partial charge in [-0.25, -0.2) is 8.42 Å². The molecule has 1 saturated heterocycles. The van der Waals surface area contributed by atoms with Gasteiger partial charge in [-0.1, -0.05) is 0 Å². The molecule has 2 heterocycles. The van der Waals surface area contributed by atoms with Crippen molar-refractivity contribution in [2.24, 2.45) is 5.92 Å². The summed E-state index contributed by atoms with van der Waals surface area (Å²) in [6.45, 7) is 2.92. The Morgan fingerprint density at radius 3 is 2.87 bits per heavy atom. The fraction of sp³-hybridized carbons (Fsp3) is 0.600. The van der Waals surface area contributed by atoms with Gasteiger partial charge in [0.25, 0.3) is 10.0 Å². The van der Waals surface area contributed by atoms with Gasteiger partial charge < -0.3 is 4.90 Å². The zero-order valence-electron chi connectivity index (χ0n) is 13.4. The summed E-state index contributed by atoms with van der Waals surface area (Å²) < 4.78 is 27.1. The zero-order valence-corrected chi connectivity index (χ0v) is 15.0. The number of nitrogens with zero attached hydrogens (tertiary/aromatic N) is 3. The Morgan fingerprint density at radius 1 is 1.52 bits per heavy atom. The summed E-state index contributed by atoms with van der Waals surface area (Å²) in [6, 6.07) is 5.43. The molecule has 0 spiro atoms. The Balaban J connectivity index is 2.09. The Morgan fingerprint density at radius 2 is 2.26 bits per heavy atom. The van der Waals surface area contributed by atoms with E-state index in [-0.39, 0.29) is 24.8 Å². The molecule has 0 aliphatic carbocycles. The van der Waals surface area contributed by atoms with Crippen LogP contribution in [-0.4, -0.2) is 50.2 Å². The quantitative estimate of drug-likeness (QED) is 0.807. The lowest BCUT2D eigenvalue weighted by molar-refractivity contribution is -0.135. The van der Waals surface area contributed by atoms with Crippen LogP contribution >= 0.6 is 11.3 Å². The second-order valence-electron chi connectivity index (χ2n) is 5.74. The Hall–Kier alpha value is -1.43. The predicted octanol–water partition coefficient (Wildman–Crippen LogP) is 1.83. The van der Waals surface area contributed by atoms with Crippen molar-refractivity contribution >= 4 is 27.3 Å². The number of piperidine rings is 1. The SMILES string of the molecule is Cc1ccc(S(=O)(=O)N2CCCC(C(=O)N(C)CCC#N)C2)s1. The number of hydrogen-bond acceptors (Lipinski definition) is 5. The van der Waals surface area contributed by atoms with Gasteiger partial charge in [-0.3, -0.25) is 4.79 Å². The summed E-state index contributed by atoms with van der Waals surface area (Å²) in [5, 5.41) is 8.61. The van der Waals surface area contributed by atoms with Crippen molar-refractivity contribution in [2.45, 2.75) is 30.4 Å². The maximum atomic E-state index is 12.7. The molecule has 1 atom stereocenters. The van der Waals surface area contributed by atoms with Gasteiger partial charge in [0, 0.05) is 31.6 Å². The summed E-state index contributed by atoms with van der Waals surface area (Å²) >= 11 is 1.25. The van der Waals surface area contributed by atoms with E-state index in [1.807, 2.05) is 13.0 Å². The standard InChI is InChI=1S/C15H21N3O3S2/c1-12-6-7-14(22-12)23(20,21)18-10-3-5-13(11-18)15(19)17(2)9-4-8-16/h6-7,13H,3-5,9-11H2,1-2H3. The molecule has 2 rings (SSSR count). The van der Waals surface area contributed by atoms with Crippen molar-refractivity contribution in [1.82, 2.24) is 9.21 Å². The second-order valence-corrected chi connectivity index (χ2v) is 9.19. The number of rotatable bonds is 5. The summed E-state index contributed by atoms with van der Waals surface area (Å²) in [5.74, 6) is -0.411. The molecule has 0 saturated carbocycles. The van der Waals surface area contributed by atoms with Crippen molar-refractivity contribution in [2.75, 3.05) is 26.7 Å². The number of sulfonamides is 1. The molecular weight excluding hydrogens is 334 g/mol. The molecule has 0 radical (unpaired) electrons. The number of hydrogen-bond donors (Lipinski definition) is 0. The van der Waals surface area contributed by atoms with Gasteiger partial charge in [0.2, 0.25) is 5.91 Å². The van der Waals surface area contributed by atoms with Crippen molar-refractivity contribution in [3.63, 3.8) is 0 Å². The van der Waals surface area contributed by atoms with Crippen LogP contribution in [0.1, 0.15) is 24.1 Å². The lowest BCUT2D eigenvalue weighted by Crippen LogP contribution is -2.45. The van der Waals surface area contributed by atoms with Crippen LogP contribution in [0.2, 0.25) is 0 Å². The fourth-order valence-corrected chi connectivity index (χ4v) is 5.64. The van der Waals surface area contributed by atoms with E-state index < -0.39 is 10.0 Å². The molecule has 6 nitrogen and oxygen atoms in total. The highest BCUT2D eigenvalue weighted by Gasteiger charge is 2.34. The largest absolute Gasteiger partial charge is 0.344 e. The van der Waals surface area contributed by atoms with Crippen LogP contribution in [0.25, 0.3) is 0 Å². The highest BCUT2D eigenvalue weighted by atomic mass is 32.2. The molecule has 1 unspecified atom stereocenters. The van der Waals surface area contributed by atoms with Gasteiger partial charge in [0.05, 0.1) is 18.4 Å². The Kier molecular flexibility index (Phi) is 5.79. The number of carbonyl (C=O) groups is 1. The van der Waals surface area contributed by atoms with Crippen LogP contribution in [0, 0.1) is 24.2 Å². The minimum Gasteiger partial charge on any atom is -0.344 e. The maximum Gasteiger partial charge on any atom is 0.252 e. The smallest absolute Gasteiger partial charge is 0.252 e. The number of carbonyl (C=O) groups excluding carboxylic acids is 1. The second kappa shape index (κ2) is 7.43. The molecule has 1 fully saturated rings. The van der Waals surface area contributed by atoms with Crippen molar-refractivity contribution in [3.8, 4) is 6.07 Å². The molecule has 1 aromatic rings. The maximum absolute atomic E-state index is 12.7. The van der Waals surface area contributed by atoms with Crippen LogP contribution in [-0.2, 0) is 14.8 Å². The number of amides is 1. The van der Waals surface area contributed by atoms with Crippen LogP contribution < -0.4 is 0 Å². The van der Waals surface area contributed by atoms with Crippen LogP contribution in [0.5, 0.6) is 0 Å². The van der Waals surface area contributed by atoms with Crippen LogP contribution in [0.3, 0.4) is 0 Å². The fourth-order valence-electron chi connectivity index (χ4n) is 2.68. The van der Waals surface area contributed by atoms with Crippen LogP contribution in [0.15, 0.2) is 16.3 Å². The molecule has 8 heteroatoms. The van der Waals surface area contributed by atoms with Gasteiger partial charge in [-0.05, 0) is 31.9 Å². The minimum absolute atomic E-state index is 0.0810. The molecule has 1 amide bonds. The van der Waals surface area contributed by atoms with Crippen molar-refractivity contribution < 1.29 is 13.2 Å². The first-order valence-electron chi connectivity index (χ1n) is 7.54. The molecule has 0 bridgehead atoms. The first-order chi connectivity index (χ1) is 10.9. The summed E-state index contributed by atoms with van der Waals surface area (Å²) in [4.78, 5) is 14.9. The van der Waals surface area contributed by atoms with Gasteiger partial charge in [-0.15, -0.1) is 11.3 Å². The highest BCUT2D eigenvalue weighted by Crippen LogP contribution is 2.28. The molecule has 23 heavy (non-hydrogen) atoms. The number of aryl methyl sites for hydroxylation is 1. The van der Waals surface area contributed by atoms with E-state index in [1.165, 1.54) is 20.5 Å². The number of thiophene rings is 1. The lowest BCUT2D eigenvalue weighted by Gasteiger charge is -2.32. The van der Waals surface area contributed by atoms with Gasteiger partial charge in [0.15, 0.2) is 0 Å². The van der Waals surface area contributed by atoms with Gasteiger partial charge >= 0.3 is 0 Å². The lowest BCUT2D eigenvalue weighted by atomic mass is 9.98. The van der Waals surface area contributed by atoms with E-state index >= 15 is 0 Å². The third-order valence-electron chi connectivity index (χ3n) is 3.98. The van der Waals surface area contributed by atoms with E-state index in [2.05, 4.69) is 0 Å². The minimum atomic E-state index is -3.52. The van der Waals surface area contributed by atoms with E-state index in [0.717, 1.165) is 4.88 Å². The van der Waals surface area contributed by atoms with E-state index in [4.69, 9.17) is 5.26 Å². The van der Waals surface area contributed by atoms with Gasteiger partial charge in [-0.2, -0.15) is 9.57 Å². The molecule has 1 aromatic heterocycles. The first kappa shape index (κ1) is 17.9. The van der Waals surface area contributed by atoms with Crippen LogP contribution in [0.4, 0.5) is 0 Å². The number of nitriles is 1. The monoisotopic (exact) mass is 355 g/mol. The summed E-state index contributed by atoms with van der Waals surface area (Å²) in [7, 11) is -1.86. The molecule has 126 valence electrons. The summed E-state index contributed by atoms with van der Waals surface area (Å²) in [5.41, 5.74) is 0. The Bertz CT molecular complexity index is 706. The molecular formula is C15H21N3O3S2. The molecule has 0 aromatic carbocycles. The zero-order chi connectivity index (χ0) is 17.0. The van der Waals surface area contributed by atoms with E-state index in [0.29, 0.717) is 30.1 Å². The van der Waals surface area contributed by atoms with E-state index in [1.54, 1.807) is 19.2 Å². The topological polar surface area (TPSA) is 81.5 Å². The first-order valence-corrected chi connectivity index (χ1v) is 9.80. The molecule has 1 aliphatic rings. The normalized spacial score (nSPS) is 19.3. The third-order valence-corrected chi connectivity index (χ3v) is 7.31. The highest BCUT2D eigenvalue weighted by molar-refractivity contribution is 7.91. The summed E-state index contributed by atoms with van der Waals surface area (Å²) in [6.07, 6.45) is 1.64. The average Bonchev–Trinajstić information content (AvgIpc) is 2.99.